The summed E-state index contributed by atoms with van der Waals surface area (Å²) >= 11 is 0. The molecule has 1 aliphatic rings. The zero-order valence-corrected chi connectivity index (χ0v) is 9.38. The molecular weight excluding hydrogens is 172 g/mol. The van der Waals surface area contributed by atoms with Gasteiger partial charge in [-0.3, -0.25) is 4.90 Å². The Morgan fingerprint density at radius 2 is 2.36 bits per heavy atom. The van der Waals surface area contributed by atoms with Crippen molar-refractivity contribution in [2.24, 2.45) is 0 Å². The van der Waals surface area contributed by atoms with Gasteiger partial charge in [0, 0.05) is 30.4 Å². The molecule has 0 amide bonds. The van der Waals surface area contributed by atoms with E-state index in [-0.39, 0.29) is 0 Å². The Balaban J connectivity index is 2.30. The lowest BCUT2D eigenvalue weighted by molar-refractivity contribution is 0.157. The summed E-state index contributed by atoms with van der Waals surface area (Å²) in [6.07, 6.45) is 5.77. The smallest absolute Gasteiger partial charge is 0.0365 e. The maximum absolute atomic E-state index is 3.37. The van der Waals surface area contributed by atoms with E-state index in [9.17, 15) is 0 Å². The van der Waals surface area contributed by atoms with Gasteiger partial charge in [0.2, 0.25) is 0 Å². The van der Waals surface area contributed by atoms with Crippen molar-refractivity contribution >= 4 is 0 Å². The zero-order valence-electron chi connectivity index (χ0n) is 9.38. The molecule has 2 rings (SSSR count). The van der Waals surface area contributed by atoms with Gasteiger partial charge in [-0.25, -0.2) is 0 Å². The van der Waals surface area contributed by atoms with Crippen LogP contribution in [-0.4, -0.2) is 23.0 Å². The molecule has 2 atom stereocenters. The number of rotatable bonds is 2. The molecule has 14 heavy (non-hydrogen) atoms. The molecule has 0 saturated carbocycles. The molecule has 0 fully saturated rings. The topological polar surface area (TPSA) is 19.0 Å². The quantitative estimate of drug-likeness (QED) is 0.763. The summed E-state index contributed by atoms with van der Waals surface area (Å²) in [6, 6.07) is 3.54. The van der Waals surface area contributed by atoms with Crippen LogP contribution >= 0.6 is 0 Å². The lowest BCUT2D eigenvalue weighted by atomic mass is 9.92. The van der Waals surface area contributed by atoms with Crippen molar-refractivity contribution in [3.63, 3.8) is 0 Å². The van der Waals surface area contributed by atoms with Gasteiger partial charge in [-0.05, 0) is 32.0 Å². The van der Waals surface area contributed by atoms with Crippen LogP contribution in [0.3, 0.4) is 0 Å². The molecule has 1 aliphatic heterocycles. The van der Waals surface area contributed by atoms with E-state index < -0.39 is 0 Å². The predicted molar refractivity (Wildman–Crippen MR) is 59.4 cm³/mol. The summed E-state index contributed by atoms with van der Waals surface area (Å²) in [5.41, 5.74) is 2.97. The molecule has 0 radical (unpaired) electrons. The predicted octanol–water partition coefficient (Wildman–Crippen LogP) is 2.73. The molecule has 0 saturated heterocycles. The molecule has 0 aliphatic carbocycles. The third kappa shape index (κ3) is 1.48. The number of aromatic nitrogens is 1. The van der Waals surface area contributed by atoms with Crippen molar-refractivity contribution in [2.45, 2.75) is 45.2 Å². The largest absolute Gasteiger partial charge is 0.365 e. The van der Waals surface area contributed by atoms with Crippen LogP contribution in [0.15, 0.2) is 12.3 Å². The molecule has 0 spiro atoms. The van der Waals surface area contributed by atoms with Crippen LogP contribution in [0.25, 0.3) is 0 Å². The first-order valence-electron chi connectivity index (χ1n) is 5.62. The molecule has 1 aromatic rings. The lowest BCUT2D eigenvalue weighted by Gasteiger charge is -2.37. The van der Waals surface area contributed by atoms with Crippen molar-refractivity contribution in [3.8, 4) is 0 Å². The number of hydrogen-bond donors (Lipinski definition) is 1. The Kier molecular flexibility index (Phi) is 2.64. The third-order valence-electron chi connectivity index (χ3n) is 3.48. The van der Waals surface area contributed by atoms with Crippen LogP contribution in [0.1, 0.15) is 44.0 Å². The van der Waals surface area contributed by atoms with Crippen molar-refractivity contribution in [1.82, 2.24) is 9.88 Å². The number of hydrogen-bond acceptors (Lipinski definition) is 1. The van der Waals surface area contributed by atoms with Crippen molar-refractivity contribution in [2.75, 3.05) is 7.05 Å². The maximum Gasteiger partial charge on any atom is 0.0365 e. The van der Waals surface area contributed by atoms with Gasteiger partial charge in [0.05, 0.1) is 0 Å². The number of nitrogens with one attached hydrogen (secondary N) is 1. The van der Waals surface area contributed by atoms with E-state index in [1.165, 1.54) is 30.5 Å². The Bertz CT molecular complexity index is 303. The second-order valence-electron chi connectivity index (χ2n) is 4.43. The Labute approximate surface area is 86.3 Å². The minimum Gasteiger partial charge on any atom is -0.365 e. The normalized spacial score (nSPS) is 27.6. The van der Waals surface area contributed by atoms with E-state index in [1.54, 1.807) is 0 Å². The summed E-state index contributed by atoms with van der Waals surface area (Å²) in [6.45, 7) is 4.58. The van der Waals surface area contributed by atoms with E-state index in [1.807, 2.05) is 0 Å². The first-order valence-corrected chi connectivity index (χ1v) is 5.62. The van der Waals surface area contributed by atoms with Gasteiger partial charge in [-0.2, -0.15) is 0 Å². The van der Waals surface area contributed by atoms with Crippen LogP contribution in [0, 0.1) is 0 Å². The fraction of sp³-hybridized carbons (Fsp3) is 0.667. The zero-order chi connectivity index (χ0) is 10.1. The fourth-order valence-electron chi connectivity index (χ4n) is 2.50. The number of nitrogens with zero attached hydrogens (tertiary/aromatic N) is 1. The minimum atomic E-state index is 0.630. The van der Waals surface area contributed by atoms with Crippen molar-refractivity contribution in [3.05, 3.63) is 23.5 Å². The maximum atomic E-state index is 3.37. The summed E-state index contributed by atoms with van der Waals surface area (Å²) in [5.74, 6) is 0. The summed E-state index contributed by atoms with van der Waals surface area (Å²) in [7, 11) is 2.25. The summed E-state index contributed by atoms with van der Waals surface area (Å²) < 4.78 is 0. The summed E-state index contributed by atoms with van der Waals surface area (Å²) in [4.78, 5) is 5.88. The molecule has 2 heteroatoms. The highest BCUT2D eigenvalue weighted by Gasteiger charge is 2.29. The van der Waals surface area contributed by atoms with Gasteiger partial charge in [-0.1, -0.05) is 13.3 Å². The minimum absolute atomic E-state index is 0.630. The van der Waals surface area contributed by atoms with Crippen LogP contribution < -0.4 is 0 Å². The average Bonchev–Trinajstić information content (AvgIpc) is 2.60. The summed E-state index contributed by atoms with van der Waals surface area (Å²) in [5, 5.41) is 0. The van der Waals surface area contributed by atoms with E-state index in [0.29, 0.717) is 12.1 Å². The van der Waals surface area contributed by atoms with Gasteiger partial charge in [-0.15, -0.1) is 0 Å². The second kappa shape index (κ2) is 3.77. The average molecular weight is 192 g/mol. The molecule has 2 heterocycles. The monoisotopic (exact) mass is 192 g/mol. The van der Waals surface area contributed by atoms with Gasteiger partial charge in [0.1, 0.15) is 0 Å². The van der Waals surface area contributed by atoms with Crippen molar-refractivity contribution < 1.29 is 0 Å². The molecule has 1 aromatic heterocycles. The Hall–Kier alpha value is -0.760. The molecule has 78 valence electrons. The lowest BCUT2D eigenvalue weighted by Crippen LogP contribution is -2.38. The fourth-order valence-corrected chi connectivity index (χ4v) is 2.50. The van der Waals surface area contributed by atoms with Crippen LogP contribution in [0.4, 0.5) is 0 Å². The highest BCUT2D eigenvalue weighted by atomic mass is 15.2. The Morgan fingerprint density at radius 3 is 3.07 bits per heavy atom. The Morgan fingerprint density at radius 1 is 1.57 bits per heavy atom. The van der Waals surface area contributed by atoms with E-state index in [4.69, 9.17) is 0 Å². The number of fused-ring (bicyclic) bond motifs is 1. The first-order chi connectivity index (χ1) is 6.74. The van der Waals surface area contributed by atoms with Gasteiger partial charge in [0.25, 0.3) is 0 Å². The van der Waals surface area contributed by atoms with Gasteiger partial charge >= 0.3 is 0 Å². The van der Waals surface area contributed by atoms with E-state index in [2.05, 4.69) is 43.0 Å². The highest BCUT2D eigenvalue weighted by Crippen LogP contribution is 2.33. The molecule has 0 unspecified atom stereocenters. The number of H-pyrrole nitrogens is 1. The van der Waals surface area contributed by atoms with E-state index in [0.717, 1.165) is 0 Å². The van der Waals surface area contributed by atoms with Crippen LogP contribution in [0.5, 0.6) is 0 Å². The number of aromatic amines is 1. The molecule has 0 bridgehead atoms. The molecular formula is C12H20N2. The third-order valence-corrected chi connectivity index (χ3v) is 3.48. The first kappa shape index (κ1) is 9.78. The molecule has 1 N–H and O–H groups in total. The standard InChI is InChI=1S/C12H20N2/c1-4-5-12-10-6-7-13-11(10)8-9(2)14(12)3/h6-7,9,12-13H,4-5,8H2,1-3H3/t9-,12-/m0/s1. The number of likely N-dealkylation sites (N-methyl/N-ethyl adjacent to an activating group) is 1. The molecule has 0 aromatic carbocycles. The van der Waals surface area contributed by atoms with Gasteiger partial charge in [0.15, 0.2) is 0 Å². The highest BCUT2D eigenvalue weighted by molar-refractivity contribution is 5.28. The molecule has 2 nitrogen and oxygen atoms in total. The van der Waals surface area contributed by atoms with Crippen molar-refractivity contribution in [1.29, 1.82) is 0 Å². The second-order valence-corrected chi connectivity index (χ2v) is 4.43. The van der Waals surface area contributed by atoms with Gasteiger partial charge < -0.3 is 4.98 Å². The van der Waals surface area contributed by atoms with E-state index >= 15 is 0 Å². The SMILES string of the molecule is CCC[C@H]1c2cc[nH]c2C[C@H](C)N1C. The van der Waals surface area contributed by atoms with Crippen LogP contribution in [0.2, 0.25) is 0 Å². The van der Waals surface area contributed by atoms with Crippen LogP contribution in [-0.2, 0) is 6.42 Å².